The van der Waals surface area contributed by atoms with Gasteiger partial charge in [0.1, 0.15) is 0 Å². The van der Waals surface area contributed by atoms with Crippen LogP contribution >= 0.6 is 0 Å². The number of benzene rings is 4. The lowest BCUT2D eigenvalue weighted by Crippen LogP contribution is -2.55. The van der Waals surface area contributed by atoms with Gasteiger partial charge in [0.25, 0.3) is 10.1 Å². The van der Waals surface area contributed by atoms with Crippen LogP contribution in [0.1, 0.15) is 38.3 Å². The van der Waals surface area contributed by atoms with Crippen molar-refractivity contribution in [1.82, 2.24) is 4.90 Å². The summed E-state index contributed by atoms with van der Waals surface area (Å²) in [7, 11) is -5.88. The van der Waals surface area contributed by atoms with Crippen LogP contribution in [-0.4, -0.2) is 47.7 Å². The summed E-state index contributed by atoms with van der Waals surface area (Å²) in [5.41, 5.74) is 2.09. The highest BCUT2D eigenvalue weighted by molar-refractivity contribution is 7.86. The Morgan fingerprint density at radius 1 is 0.814 bits per heavy atom. The summed E-state index contributed by atoms with van der Waals surface area (Å²) >= 11 is 0. The number of likely N-dealkylation sites (tertiary alicyclic amines) is 1. The summed E-state index contributed by atoms with van der Waals surface area (Å²) in [6.07, 6.45) is 0.718. The minimum atomic E-state index is -3.84. The van der Waals surface area contributed by atoms with Crippen LogP contribution in [-0.2, 0) is 25.3 Å². The molecule has 4 aromatic rings. The fourth-order valence-corrected chi connectivity index (χ4v) is 9.75. The third-order valence-corrected chi connectivity index (χ3v) is 12.1. The molecule has 3 atom stereocenters. The molecule has 7 heteroatoms. The van der Waals surface area contributed by atoms with Crippen molar-refractivity contribution in [1.29, 1.82) is 0 Å². The highest BCUT2D eigenvalue weighted by atomic mass is 32.2. The molecule has 0 radical (unpaired) electrons. The standard InChI is InChI=1S/C36H43NO4SSi/c1-28-20-22-31(23-21-28)42(38,39)40-27-30-24-34(37(26-30)25-29-14-8-5-9-15-29)35(36(2,3)4)41-43(32-16-10-6-11-17-32)33-18-12-7-13-19-33/h5-23,30,34-35,43H,24-27H2,1-4H3/t30-,34+,35?/m1/s1. The molecule has 1 aliphatic rings. The van der Waals surface area contributed by atoms with Gasteiger partial charge in [0.2, 0.25) is 9.04 Å². The first-order valence-corrected chi connectivity index (χ1v) is 18.1. The Morgan fingerprint density at radius 3 is 1.88 bits per heavy atom. The van der Waals surface area contributed by atoms with E-state index in [1.807, 2.05) is 13.0 Å². The largest absolute Gasteiger partial charge is 0.406 e. The monoisotopic (exact) mass is 613 g/mol. The van der Waals surface area contributed by atoms with Gasteiger partial charge in [-0.3, -0.25) is 9.08 Å². The van der Waals surface area contributed by atoms with Crippen LogP contribution in [0.15, 0.2) is 120 Å². The maximum absolute atomic E-state index is 13.1. The second kappa shape index (κ2) is 13.7. The molecule has 0 spiro atoms. The summed E-state index contributed by atoms with van der Waals surface area (Å²) in [4.78, 5) is 2.68. The van der Waals surface area contributed by atoms with Crippen molar-refractivity contribution in [3.05, 3.63) is 126 Å². The number of hydrogen-bond donors (Lipinski definition) is 0. The van der Waals surface area contributed by atoms with Crippen LogP contribution in [0.3, 0.4) is 0 Å². The van der Waals surface area contributed by atoms with Crippen molar-refractivity contribution in [3.8, 4) is 0 Å². The smallest absolute Gasteiger partial charge is 0.296 e. The van der Waals surface area contributed by atoms with Crippen molar-refractivity contribution in [3.63, 3.8) is 0 Å². The van der Waals surface area contributed by atoms with Gasteiger partial charge in [-0.1, -0.05) is 129 Å². The van der Waals surface area contributed by atoms with Crippen molar-refractivity contribution < 1.29 is 17.0 Å². The van der Waals surface area contributed by atoms with Gasteiger partial charge >= 0.3 is 0 Å². The van der Waals surface area contributed by atoms with Crippen molar-refractivity contribution >= 4 is 29.5 Å². The average Bonchev–Trinajstić information content (AvgIpc) is 3.39. The Bertz CT molecular complexity index is 1500. The second-order valence-electron chi connectivity index (χ2n) is 12.8. The number of nitrogens with zero attached hydrogens (tertiary/aromatic N) is 1. The van der Waals surface area contributed by atoms with E-state index in [9.17, 15) is 8.42 Å². The van der Waals surface area contributed by atoms with E-state index < -0.39 is 19.2 Å². The van der Waals surface area contributed by atoms with E-state index in [1.165, 1.54) is 15.9 Å². The summed E-state index contributed by atoms with van der Waals surface area (Å²) in [6.45, 7) is 10.4. The zero-order valence-corrected chi connectivity index (χ0v) is 27.6. The molecule has 0 N–H and O–H groups in total. The molecule has 1 aliphatic heterocycles. The molecule has 0 bridgehead atoms. The van der Waals surface area contributed by atoms with Crippen LogP contribution in [0, 0.1) is 18.3 Å². The molecular weight excluding hydrogens is 571 g/mol. The minimum Gasteiger partial charge on any atom is -0.406 e. The molecule has 0 aliphatic carbocycles. The van der Waals surface area contributed by atoms with E-state index in [2.05, 4.69) is 111 Å². The zero-order valence-electron chi connectivity index (χ0n) is 25.6. The van der Waals surface area contributed by atoms with Crippen LogP contribution in [0.2, 0.25) is 0 Å². The van der Waals surface area contributed by atoms with Gasteiger partial charge < -0.3 is 4.43 Å². The maximum Gasteiger partial charge on any atom is 0.296 e. The number of hydrogen-bond acceptors (Lipinski definition) is 5. The summed E-state index contributed by atoms with van der Waals surface area (Å²) in [6, 6.07) is 38.6. The van der Waals surface area contributed by atoms with Gasteiger partial charge in [-0.05, 0) is 52.7 Å². The van der Waals surface area contributed by atoms with Gasteiger partial charge in [0.15, 0.2) is 0 Å². The molecule has 4 aromatic carbocycles. The SMILES string of the molecule is Cc1ccc(S(=O)(=O)OC[C@@H]2C[C@@H](C(O[SiH](c3ccccc3)c3ccccc3)C(C)(C)C)N(Cc3ccccc3)C2)cc1. The van der Waals surface area contributed by atoms with Crippen LogP contribution < -0.4 is 10.4 Å². The average molecular weight is 614 g/mol. The zero-order chi connectivity index (χ0) is 30.5. The number of aryl methyl sites for hydroxylation is 1. The minimum absolute atomic E-state index is 0.0518. The molecule has 1 saturated heterocycles. The molecule has 5 nitrogen and oxygen atoms in total. The van der Waals surface area contributed by atoms with Gasteiger partial charge in [-0.15, -0.1) is 0 Å². The topological polar surface area (TPSA) is 55.8 Å². The Labute approximate surface area is 259 Å². The Kier molecular flexibility index (Phi) is 9.99. The molecule has 5 rings (SSSR count). The summed E-state index contributed by atoms with van der Waals surface area (Å²) < 4.78 is 39.1. The lowest BCUT2D eigenvalue weighted by atomic mass is 9.83. The molecule has 226 valence electrons. The van der Waals surface area contributed by atoms with Crippen LogP contribution in [0.4, 0.5) is 0 Å². The lowest BCUT2D eigenvalue weighted by molar-refractivity contribution is 0.0130. The molecule has 1 fully saturated rings. The predicted molar refractivity (Wildman–Crippen MR) is 177 cm³/mol. The molecule has 43 heavy (non-hydrogen) atoms. The third kappa shape index (κ3) is 8.10. The van der Waals surface area contributed by atoms with Gasteiger partial charge in [-0.2, -0.15) is 8.42 Å². The molecule has 0 saturated carbocycles. The first-order chi connectivity index (χ1) is 20.6. The molecule has 1 heterocycles. The second-order valence-corrected chi connectivity index (χ2v) is 16.7. The molecule has 0 aromatic heterocycles. The van der Waals surface area contributed by atoms with Gasteiger partial charge in [0, 0.05) is 19.1 Å². The summed E-state index contributed by atoms with van der Waals surface area (Å²) in [5, 5.41) is 2.50. The van der Waals surface area contributed by atoms with Crippen LogP contribution in [0.25, 0.3) is 0 Å². The highest BCUT2D eigenvalue weighted by Gasteiger charge is 2.44. The predicted octanol–water partition coefficient (Wildman–Crippen LogP) is 5.56. The Balaban J connectivity index is 1.43. The summed E-state index contributed by atoms with van der Waals surface area (Å²) in [5.74, 6) is 0.0518. The van der Waals surface area contributed by atoms with Crippen molar-refractivity contribution in [2.24, 2.45) is 11.3 Å². The van der Waals surface area contributed by atoms with Crippen LogP contribution in [0.5, 0.6) is 0 Å². The highest BCUT2D eigenvalue weighted by Crippen LogP contribution is 2.37. The van der Waals surface area contributed by atoms with Crippen molar-refractivity contribution in [2.45, 2.75) is 57.7 Å². The first-order valence-electron chi connectivity index (χ1n) is 15.1. The quantitative estimate of drug-likeness (QED) is 0.164. The van der Waals surface area contributed by atoms with E-state index in [0.29, 0.717) is 0 Å². The van der Waals surface area contributed by atoms with E-state index in [4.69, 9.17) is 8.61 Å². The maximum atomic E-state index is 13.1. The molecule has 1 unspecified atom stereocenters. The third-order valence-electron chi connectivity index (χ3n) is 8.22. The Morgan fingerprint density at radius 2 is 1.35 bits per heavy atom. The van der Waals surface area contributed by atoms with E-state index >= 15 is 0 Å². The molecule has 0 amide bonds. The van der Waals surface area contributed by atoms with E-state index in [-0.39, 0.29) is 35.0 Å². The normalized spacial score (nSPS) is 18.6. The van der Waals surface area contributed by atoms with E-state index in [0.717, 1.165) is 25.1 Å². The number of rotatable bonds is 11. The van der Waals surface area contributed by atoms with Gasteiger partial charge in [-0.25, -0.2) is 0 Å². The molecular formula is C36H43NO4SSi. The fraction of sp³-hybridized carbons (Fsp3) is 0.333. The fourth-order valence-electron chi connectivity index (χ4n) is 6.05. The lowest BCUT2D eigenvalue weighted by Gasteiger charge is -2.41. The van der Waals surface area contributed by atoms with E-state index in [1.54, 1.807) is 24.3 Å². The Hall–Kier alpha value is -3.07. The van der Waals surface area contributed by atoms with Gasteiger partial charge in [0.05, 0.1) is 17.6 Å². The van der Waals surface area contributed by atoms with Crippen molar-refractivity contribution in [2.75, 3.05) is 13.2 Å². The first kappa shape index (κ1) is 31.4.